The summed E-state index contributed by atoms with van der Waals surface area (Å²) >= 11 is 5.95. The van der Waals surface area contributed by atoms with Crippen molar-refractivity contribution in [1.82, 2.24) is 0 Å². The summed E-state index contributed by atoms with van der Waals surface area (Å²) in [5, 5.41) is 2.89. The van der Waals surface area contributed by atoms with Crippen molar-refractivity contribution in [3.63, 3.8) is 0 Å². The number of halogens is 1. The van der Waals surface area contributed by atoms with Crippen LogP contribution in [0.1, 0.15) is 12.8 Å². The fraction of sp³-hybridized carbons (Fsp3) is 0.417. The van der Waals surface area contributed by atoms with Crippen LogP contribution in [0.5, 0.6) is 0 Å². The zero-order chi connectivity index (χ0) is 14.0. The summed E-state index contributed by atoms with van der Waals surface area (Å²) in [6, 6.07) is 4.20. The molecule has 104 valence electrons. The molecule has 0 bridgehead atoms. The minimum Gasteiger partial charge on any atom is -0.368 e. The number of hydrogen-bond acceptors (Lipinski definition) is 4. The number of sulfone groups is 1. The first-order valence-corrected chi connectivity index (χ1v) is 8.07. The van der Waals surface area contributed by atoms with Crippen molar-refractivity contribution in [2.45, 2.75) is 23.8 Å². The first-order valence-electron chi connectivity index (χ1n) is 5.80. The van der Waals surface area contributed by atoms with E-state index >= 15 is 0 Å². The zero-order valence-electron chi connectivity index (χ0n) is 10.3. The number of ether oxygens (including phenoxy) is 1. The Kier molecular flexibility index (Phi) is 4.13. The Morgan fingerprint density at radius 2 is 2.21 bits per heavy atom. The molecular weight excluding hydrogens is 290 g/mol. The average molecular weight is 304 g/mol. The third kappa shape index (κ3) is 3.46. The third-order valence-electron chi connectivity index (χ3n) is 2.85. The molecule has 1 fully saturated rings. The second-order valence-corrected chi connectivity index (χ2v) is 6.83. The molecule has 0 unspecified atom stereocenters. The van der Waals surface area contributed by atoms with Gasteiger partial charge in [-0.1, -0.05) is 11.6 Å². The summed E-state index contributed by atoms with van der Waals surface area (Å²) in [5.41, 5.74) is 0.282. The van der Waals surface area contributed by atoms with Gasteiger partial charge >= 0.3 is 0 Å². The molecule has 1 amide bonds. The largest absolute Gasteiger partial charge is 0.368 e. The number of carbonyl (C=O) groups excluding carboxylic acids is 1. The molecule has 1 N–H and O–H groups in total. The number of rotatable bonds is 3. The highest BCUT2D eigenvalue weighted by atomic mass is 35.5. The molecule has 0 spiro atoms. The smallest absolute Gasteiger partial charge is 0.253 e. The van der Waals surface area contributed by atoms with E-state index in [0.717, 1.165) is 12.7 Å². The van der Waals surface area contributed by atoms with Gasteiger partial charge in [-0.3, -0.25) is 4.79 Å². The van der Waals surface area contributed by atoms with Crippen LogP contribution in [0, 0.1) is 0 Å². The Balaban J connectivity index is 2.22. The summed E-state index contributed by atoms with van der Waals surface area (Å²) < 4.78 is 28.2. The van der Waals surface area contributed by atoms with Gasteiger partial charge in [0.25, 0.3) is 5.91 Å². The molecular formula is C12H14ClNO4S. The SMILES string of the molecule is CS(=O)(=O)c1ccc(Cl)c(NC(=O)[C@H]2CCCO2)c1. The van der Waals surface area contributed by atoms with Crippen LogP contribution in [0.2, 0.25) is 5.02 Å². The van der Waals surface area contributed by atoms with Gasteiger partial charge in [-0.25, -0.2) is 8.42 Å². The highest BCUT2D eigenvalue weighted by Gasteiger charge is 2.24. The van der Waals surface area contributed by atoms with Crippen molar-refractivity contribution in [2.24, 2.45) is 0 Å². The van der Waals surface area contributed by atoms with Crippen LogP contribution in [0.3, 0.4) is 0 Å². The molecule has 0 aromatic heterocycles. The molecule has 19 heavy (non-hydrogen) atoms. The average Bonchev–Trinajstić information content (AvgIpc) is 2.84. The summed E-state index contributed by atoms with van der Waals surface area (Å²) in [5.74, 6) is -0.301. The Morgan fingerprint density at radius 3 is 2.79 bits per heavy atom. The van der Waals surface area contributed by atoms with Gasteiger partial charge in [0.2, 0.25) is 0 Å². The minimum absolute atomic E-state index is 0.111. The summed E-state index contributed by atoms with van der Waals surface area (Å²) in [6.45, 7) is 0.565. The predicted molar refractivity (Wildman–Crippen MR) is 72.2 cm³/mol. The van der Waals surface area contributed by atoms with Crippen LogP contribution in [-0.2, 0) is 19.4 Å². The van der Waals surface area contributed by atoms with Crippen molar-refractivity contribution < 1.29 is 17.9 Å². The highest BCUT2D eigenvalue weighted by Crippen LogP contribution is 2.26. The van der Waals surface area contributed by atoms with Gasteiger partial charge in [0, 0.05) is 12.9 Å². The van der Waals surface area contributed by atoms with Gasteiger partial charge in [0.05, 0.1) is 15.6 Å². The van der Waals surface area contributed by atoms with E-state index in [1.165, 1.54) is 18.2 Å². The number of hydrogen-bond donors (Lipinski definition) is 1. The lowest BCUT2D eigenvalue weighted by atomic mass is 10.2. The van der Waals surface area contributed by atoms with Gasteiger partial charge in [-0.05, 0) is 31.0 Å². The Morgan fingerprint density at radius 1 is 1.47 bits per heavy atom. The molecule has 0 saturated carbocycles. The van der Waals surface area contributed by atoms with Crippen molar-refractivity contribution in [3.8, 4) is 0 Å². The molecule has 0 aliphatic carbocycles. The number of amides is 1. The van der Waals surface area contributed by atoms with E-state index in [4.69, 9.17) is 16.3 Å². The van der Waals surface area contributed by atoms with Crippen LogP contribution in [-0.4, -0.2) is 33.3 Å². The number of nitrogens with one attached hydrogen (secondary N) is 1. The van der Waals surface area contributed by atoms with E-state index in [0.29, 0.717) is 18.1 Å². The normalized spacial score (nSPS) is 19.4. The maximum absolute atomic E-state index is 11.9. The first-order chi connectivity index (χ1) is 8.88. The van der Waals surface area contributed by atoms with Gasteiger partial charge in [0.15, 0.2) is 9.84 Å². The Hall–Kier alpha value is -1.11. The monoisotopic (exact) mass is 303 g/mol. The molecule has 1 saturated heterocycles. The maximum atomic E-state index is 11.9. The van der Waals surface area contributed by atoms with E-state index in [1.807, 2.05) is 0 Å². The molecule has 1 atom stereocenters. The van der Waals surface area contributed by atoms with Crippen LogP contribution in [0.25, 0.3) is 0 Å². The lowest BCUT2D eigenvalue weighted by molar-refractivity contribution is -0.124. The van der Waals surface area contributed by atoms with Gasteiger partial charge < -0.3 is 10.1 Å². The van der Waals surface area contributed by atoms with E-state index in [1.54, 1.807) is 0 Å². The summed E-state index contributed by atoms with van der Waals surface area (Å²) in [4.78, 5) is 12.0. The third-order valence-corrected chi connectivity index (χ3v) is 4.29. The van der Waals surface area contributed by atoms with E-state index in [2.05, 4.69) is 5.32 Å². The molecule has 5 nitrogen and oxygen atoms in total. The lowest BCUT2D eigenvalue weighted by Gasteiger charge is -2.12. The number of carbonyl (C=O) groups is 1. The Bertz CT molecular complexity index is 594. The quantitative estimate of drug-likeness (QED) is 0.925. The molecule has 0 radical (unpaired) electrons. The van der Waals surface area contributed by atoms with Crippen LogP contribution in [0.4, 0.5) is 5.69 Å². The summed E-state index contributed by atoms with van der Waals surface area (Å²) in [6.07, 6.45) is 2.12. The summed E-state index contributed by atoms with van der Waals surface area (Å²) in [7, 11) is -3.34. The molecule has 1 aromatic carbocycles. The zero-order valence-corrected chi connectivity index (χ0v) is 11.9. The standard InChI is InChI=1S/C12H14ClNO4S/c1-19(16,17)8-4-5-9(13)10(7-8)14-12(15)11-3-2-6-18-11/h4-5,7,11H,2-3,6H2,1H3,(H,14,15)/t11-/m1/s1. The number of benzene rings is 1. The van der Waals surface area contributed by atoms with Crippen molar-refractivity contribution in [3.05, 3.63) is 23.2 Å². The van der Waals surface area contributed by atoms with Crippen LogP contribution < -0.4 is 5.32 Å². The predicted octanol–water partition coefficient (Wildman–Crippen LogP) is 1.86. The second-order valence-electron chi connectivity index (χ2n) is 4.40. The van der Waals surface area contributed by atoms with Crippen molar-refractivity contribution >= 4 is 33.0 Å². The molecule has 1 aliphatic rings. The molecule has 1 aliphatic heterocycles. The maximum Gasteiger partial charge on any atom is 0.253 e. The topological polar surface area (TPSA) is 72.5 Å². The fourth-order valence-electron chi connectivity index (χ4n) is 1.83. The van der Waals surface area contributed by atoms with Crippen LogP contribution >= 0.6 is 11.6 Å². The minimum atomic E-state index is -3.34. The van der Waals surface area contributed by atoms with E-state index < -0.39 is 15.9 Å². The van der Waals surface area contributed by atoms with Gasteiger partial charge in [0.1, 0.15) is 6.10 Å². The highest BCUT2D eigenvalue weighted by molar-refractivity contribution is 7.90. The van der Waals surface area contributed by atoms with Gasteiger partial charge in [-0.2, -0.15) is 0 Å². The molecule has 1 heterocycles. The second kappa shape index (κ2) is 5.48. The fourth-order valence-corrected chi connectivity index (χ4v) is 2.64. The lowest BCUT2D eigenvalue weighted by Crippen LogP contribution is -2.27. The van der Waals surface area contributed by atoms with Crippen molar-refractivity contribution in [2.75, 3.05) is 18.2 Å². The van der Waals surface area contributed by atoms with Crippen LogP contribution in [0.15, 0.2) is 23.1 Å². The van der Waals surface area contributed by atoms with E-state index in [-0.39, 0.29) is 16.5 Å². The van der Waals surface area contributed by atoms with Gasteiger partial charge in [-0.15, -0.1) is 0 Å². The molecule has 2 rings (SSSR count). The van der Waals surface area contributed by atoms with E-state index in [9.17, 15) is 13.2 Å². The first kappa shape index (κ1) is 14.3. The Labute approximate surface area is 116 Å². The van der Waals surface area contributed by atoms with Crippen molar-refractivity contribution in [1.29, 1.82) is 0 Å². The molecule has 7 heteroatoms. The molecule has 1 aromatic rings. The number of anilines is 1.